The Kier molecular flexibility index (Phi) is 5.72. The Morgan fingerprint density at radius 1 is 1.19 bits per heavy atom. The van der Waals surface area contributed by atoms with Crippen LogP contribution < -0.4 is 21.3 Å². The number of amides is 2. The molecule has 31 heavy (non-hydrogen) atoms. The fourth-order valence-electron chi connectivity index (χ4n) is 3.26. The summed E-state index contributed by atoms with van der Waals surface area (Å²) in [7, 11) is 0. The number of aromatic nitrogens is 2. The molecule has 3 aromatic rings. The molecule has 1 aliphatic heterocycles. The molecule has 0 atom stereocenters. The molecule has 0 bridgehead atoms. The number of phenolic OH excluding ortho intramolecular Hbond substituents is 1. The van der Waals surface area contributed by atoms with Crippen LogP contribution in [0.4, 0.5) is 23.0 Å². The van der Waals surface area contributed by atoms with Gasteiger partial charge in [0.2, 0.25) is 0 Å². The largest absolute Gasteiger partial charge is 0.508 e. The van der Waals surface area contributed by atoms with E-state index in [4.69, 9.17) is 10.5 Å². The van der Waals surface area contributed by atoms with Gasteiger partial charge in [-0.3, -0.25) is 14.7 Å². The van der Waals surface area contributed by atoms with E-state index >= 15 is 0 Å². The Hall–Kier alpha value is -4.05. The van der Waals surface area contributed by atoms with Crippen molar-refractivity contribution in [1.29, 1.82) is 0 Å². The highest BCUT2D eigenvalue weighted by molar-refractivity contribution is 6.03. The lowest BCUT2D eigenvalue weighted by Gasteiger charge is -2.26. The first kappa shape index (κ1) is 20.2. The van der Waals surface area contributed by atoms with Gasteiger partial charge in [-0.05, 0) is 42.0 Å². The van der Waals surface area contributed by atoms with Crippen molar-refractivity contribution in [2.75, 3.05) is 35.3 Å². The number of benzene rings is 2. The minimum absolute atomic E-state index is 0.0785. The Morgan fingerprint density at radius 3 is 2.61 bits per heavy atom. The number of anilines is 4. The predicted octanol–water partition coefficient (Wildman–Crippen LogP) is 1.93. The molecular weight excluding hydrogens is 400 g/mol. The van der Waals surface area contributed by atoms with Crippen LogP contribution in [0.5, 0.6) is 5.75 Å². The third-order valence-corrected chi connectivity index (χ3v) is 4.85. The number of carbonyl (C=O) groups excluding carboxylic acids is 2. The maximum Gasteiger partial charge on any atom is 0.256 e. The third-order valence-electron chi connectivity index (χ3n) is 4.85. The van der Waals surface area contributed by atoms with Gasteiger partial charge in [0.1, 0.15) is 23.7 Å². The first-order chi connectivity index (χ1) is 15.0. The summed E-state index contributed by atoms with van der Waals surface area (Å²) in [6, 6.07) is 13.9. The molecular formula is C21H22N6O4. The number of hydrogen-bond acceptors (Lipinski definition) is 7. The first-order valence-corrected chi connectivity index (χ1v) is 9.66. The van der Waals surface area contributed by atoms with E-state index in [1.165, 1.54) is 0 Å². The van der Waals surface area contributed by atoms with Gasteiger partial charge in [0.15, 0.2) is 5.82 Å². The summed E-state index contributed by atoms with van der Waals surface area (Å²) in [5.41, 5.74) is 8.13. The number of morpholine rings is 1. The molecule has 1 saturated heterocycles. The smallest absolute Gasteiger partial charge is 0.256 e. The maximum atomic E-state index is 12.0. The molecule has 160 valence electrons. The van der Waals surface area contributed by atoms with Crippen molar-refractivity contribution < 1.29 is 19.4 Å². The van der Waals surface area contributed by atoms with Gasteiger partial charge in [0.25, 0.3) is 11.8 Å². The number of primary amides is 1. The fourth-order valence-corrected chi connectivity index (χ4v) is 3.26. The van der Waals surface area contributed by atoms with Gasteiger partial charge in [0, 0.05) is 24.5 Å². The summed E-state index contributed by atoms with van der Waals surface area (Å²) in [6.45, 7) is 1.49. The molecule has 2 amide bonds. The third kappa shape index (κ3) is 4.59. The normalized spacial score (nSPS) is 13.8. The highest BCUT2D eigenvalue weighted by Crippen LogP contribution is 2.26. The number of nitrogens with one attached hydrogen (secondary N) is 3. The zero-order valence-electron chi connectivity index (χ0n) is 16.6. The van der Waals surface area contributed by atoms with Gasteiger partial charge in [-0.15, -0.1) is 0 Å². The van der Waals surface area contributed by atoms with E-state index in [1.807, 2.05) is 12.1 Å². The molecule has 1 aliphatic rings. The number of aromatic hydroxyl groups is 1. The van der Waals surface area contributed by atoms with Crippen LogP contribution in [-0.4, -0.2) is 46.9 Å². The van der Waals surface area contributed by atoms with Crippen molar-refractivity contribution in [2.24, 2.45) is 5.73 Å². The zero-order valence-corrected chi connectivity index (χ0v) is 16.6. The van der Waals surface area contributed by atoms with E-state index in [0.717, 1.165) is 11.3 Å². The monoisotopic (exact) mass is 422 g/mol. The number of phenols is 1. The molecule has 1 aromatic heterocycles. The standard InChI is InChI=1S/C21H22N6O4/c22-19(30)18-20(23-11-13-1-7-16(28)8-2-13)25-26-21(18)24-14-3-5-15(6-4-14)27-9-10-31-12-17(27)29/h1-8,28H,9-12H2,(H2,22,30)(H3,23,24,25,26). The number of carbonyl (C=O) groups is 2. The molecule has 0 radical (unpaired) electrons. The van der Waals surface area contributed by atoms with Crippen molar-refractivity contribution in [3.8, 4) is 5.75 Å². The van der Waals surface area contributed by atoms with E-state index < -0.39 is 5.91 Å². The molecule has 2 heterocycles. The average Bonchev–Trinajstić information content (AvgIpc) is 3.17. The molecule has 1 fully saturated rings. The van der Waals surface area contributed by atoms with Crippen LogP contribution >= 0.6 is 0 Å². The van der Waals surface area contributed by atoms with Crippen molar-refractivity contribution in [1.82, 2.24) is 10.2 Å². The number of aromatic amines is 1. The van der Waals surface area contributed by atoms with E-state index in [2.05, 4.69) is 20.8 Å². The molecule has 6 N–H and O–H groups in total. The lowest BCUT2D eigenvalue weighted by atomic mass is 10.2. The number of nitrogens with two attached hydrogens (primary N) is 1. The van der Waals surface area contributed by atoms with Gasteiger partial charge in [-0.25, -0.2) is 0 Å². The Labute approximate surface area is 178 Å². The van der Waals surface area contributed by atoms with Gasteiger partial charge in [0.05, 0.1) is 6.61 Å². The molecule has 0 spiro atoms. The van der Waals surface area contributed by atoms with Gasteiger partial charge >= 0.3 is 0 Å². The van der Waals surface area contributed by atoms with E-state index in [1.54, 1.807) is 41.3 Å². The molecule has 2 aromatic carbocycles. The Bertz CT molecular complexity index is 1080. The van der Waals surface area contributed by atoms with E-state index in [-0.39, 0.29) is 29.6 Å². The van der Waals surface area contributed by atoms with E-state index in [0.29, 0.717) is 31.2 Å². The van der Waals surface area contributed by atoms with Crippen molar-refractivity contribution >= 4 is 34.8 Å². The fraction of sp³-hybridized carbons (Fsp3) is 0.190. The lowest BCUT2D eigenvalue weighted by Crippen LogP contribution is -2.41. The summed E-state index contributed by atoms with van der Waals surface area (Å²) in [5.74, 6) is 0.132. The van der Waals surface area contributed by atoms with Crippen LogP contribution in [0.2, 0.25) is 0 Å². The van der Waals surface area contributed by atoms with Crippen LogP contribution in [0.15, 0.2) is 48.5 Å². The number of ether oxygens (including phenoxy) is 1. The topological polar surface area (TPSA) is 146 Å². The summed E-state index contributed by atoms with van der Waals surface area (Å²) >= 11 is 0. The van der Waals surface area contributed by atoms with Gasteiger partial charge in [-0.2, -0.15) is 5.10 Å². The number of hydrogen-bond donors (Lipinski definition) is 5. The molecule has 0 saturated carbocycles. The molecule has 10 nitrogen and oxygen atoms in total. The second kappa shape index (κ2) is 8.76. The summed E-state index contributed by atoms with van der Waals surface area (Å²) in [5, 5.41) is 22.5. The van der Waals surface area contributed by atoms with Crippen molar-refractivity contribution in [2.45, 2.75) is 6.54 Å². The molecule has 10 heteroatoms. The quantitative estimate of drug-likeness (QED) is 0.391. The van der Waals surface area contributed by atoms with Crippen molar-refractivity contribution in [3.63, 3.8) is 0 Å². The molecule has 4 rings (SSSR count). The second-order valence-electron chi connectivity index (χ2n) is 6.98. The van der Waals surface area contributed by atoms with Gasteiger partial charge < -0.3 is 31.1 Å². The Balaban J connectivity index is 1.47. The van der Waals surface area contributed by atoms with Crippen LogP contribution in [0.25, 0.3) is 0 Å². The maximum absolute atomic E-state index is 12.0. The predicted molar refractivity (Wildman–Crippen MR) is 115 cm³/mol. The minimum atomic E-state index is -0.639. The number of nitrogens with zero attached hydrogens (tertiary/aromatic N) is 2. The number of H-pyrrole nitrogens is 1. The lowest BCUT2D eigenvalue weighted by molar-refractivity contribution is -0.125. The SMILES string of the molecule is NC(=O)c1c(Nc2ccc(N3CCOCC3=O)cc2)n[nH]c1NCc1ccc(O)cc1. The Morgan fingerprint density at radius 2 is 1.94 bits per heavy atom. The molecule has 0 unspecified atom stereocenters. The zero-order chi connectivity index (χ0) is 21.8. The minimum Gasteiger partial charge on any atom is -0.508 e. The van der Waals surface area contributed by atoms with Crippen LogP contribution in [0.3, 0.4) is 0 Å². The molecule has 0 aliphatic carbocycles. The average molecular weight is 422 g/mol. The van der Waals surface area contributed by atoms with Crippen LogP contribution in [0, 0.1) is 0 Å². The second-order valence-corrected chi connectivity index (χ2v) is 6.98. The summed E-state index contributed by atoms with van der Waals surface area (Å²) in [4.78, 5) is 25.7. The first-order valence-electron chi connectivity index (χ1n) is 9.66. The van der Waals surface area contributed by atoms with Crippen molar-refractivity contribution in [3.05, 3.63) is 59.7 Å². The summed E-state index contributed by atoms with van der Waals surface area (Å²) < 4.78 is 5.15. The summed E-state index contributed by atoms with van der Waals surface area (Å²) in [6.07, 6.45) is 0. The van der Waals surface area contributed by atoms with Gasteiger partial charge in [-0.1, -0.05) is 12.1 Å². The number of rotatable bonds is 7. The van der Waals surface area contributed by atoms with Crippen LogP contribution in [-0.2, 0) is 16.1 Å². The van der Waals surface area contributed by atoms with E-state index in [9.17, 15) is 14.7 Å². The highest BCUT2D eigenvalue weighted by Gasteiger charge is 2.21. The van der Waals surface area contributed by atoms with Crippen LogP contribution in [0.1, 0.15) is 15.9 Å². The highest BCUT2D eigenvalue weighted by atomic mass is 16.5.